The van der Waals surface area contributed by atoms with Crippen molar-refractivity contribution in [1.29, 1.82) is 0 Å². The number of aliphatic hydroxyl groups is 5. The predicted octanol–water partition coefficient (Wildman–Crippen LogP) is 16.4. The molecule has 11 heteroatoms. The first kappa shape index (κ1) is 74.6. The van der Waals surface area contributed by atoms with Gasteiger partial charge in [0.25, 0.3) is 0 Å². The number of carbonyl (C=O) groups is 2. The summed E-state index contributed by atoms with van der Waals surface area (Å²) in [5, 5.41) is 57.1. The van der Waals surface area contributed by atoms with E-state index in [4.69, 9.17) is 14.2 Å². The van der Waals surface area contributed by atoms with E-state index >= 15 is 0 Å². The van der Waals surface area contributed by atoms with Crippen molar-refractivity contribution < 1.29 is 49.3 Å². The summed E-state index contributed by atoms with van der Waals surface area (Å²) in [5.74, 6) is -1.20. The molecule has 462 valence electrons. The van der Waals surface area contributed by atoms with Crippen molar-refractivity contribution in [3.63, 3.8) is 0 Å². The summed E-state index contributed by atoms with van der Waals surface area (Å²) < 4.78 is 17.7. The third-order valence-electron chi connectivity index (χ3n) is 15.7. The molecule has 0 aromatic carbocycles. The number of rotatable bonds is 57. The van der Waals surface area contributed by atoms with E-state index in [2.05, 4.69) is 62.5 Å². The Morgan fingerprint density at radius 1 is 0.494 bits per heavy atom. The topological polar surface area (TPSA) is 175 Å². The smallest absolute Gasteiger partial charge is 0.306 e. The maximum Gasteiger partial charge on any atom is 0.306 e. The number of hydrogen-bond donors (Lipinski definition) is 6. The first-order valence-corrected chi connectivity index (χ1v) is 33.4. The molecule has 1 heterocycles. The minimum Gasteiger partial charge on any atom is -0.454 e. The van der Waals surface area contributed by atoms with Gasteiger partial charge in [-0.15, -0.1) is 0 Å². The van der Waals surface area contributed by atoms with Crippen LogP contribution >= 0.6 is 0 Å². The fourth-order valence-corrected chi connectivity index (χ4v) is 10.4. The normalized spacial score (nSPS) is 19.1. The molecule has 1 fully saturated rings. The molecular formula is C68H125NO10. The van der Waals surface area contributed by atoms with E-state index < -0.39 is 67.4 Å². The highest BCUT2D eigenvalue weighted by Gasteiger charge is 2.47. The van der Waals surface area contributed by atoms with E-state index in [1.165, 1.54) is 186 Å². The van der Waals surface area contributed by atoms with Crippen LogP contribution < -0.4 is 5.32 Å². The van der Waals surface area contributed by atoms with Crippen LogP contribution in [0.2, 0.25) is 0 Å². The molecule has 0 radical (unpaired) electrons. The van der Waals surface area contributed by atoms with Crippen molar-refractivity contribution >= 4 is 11.9 Å². The molecule has 79 heavy (non-hydrogen) atoms. The van der Waals surface area contributed by atoms with Crippen LogP contribution in [-0.4, -0.2) is 99.6 Å². The molecule has 0 aromatic rings. The molecule has 8 unspecified atom stereocenters. The van der Waals surface area contributed by atoms with Crippen LogP contribution in [0.1, 0.15) is 310 Å². The van der Waals surface area contributed by atoms with E-state index in [0.717, 1.165) is 77.0 Å². The number of hydrogen-bond acceptors (Lipinski definition) is 10. The van der Waals surface area contributed by atoms with E-state index in [1.54, 1.807) is 6.08 Å². The van der Waals surface area contributed by atoms with Crippen molar-refractivity contribution in [3.8, 4) is 0 Å². The zero-order chi connectivity index (χ0) is 57.5. The van der Waals surface area contributed by atoms with Crippen LogP contribution in [0.5, 0.6) is 0 Å². The number of allylic oxidation sites excluding steroid dienone is 7. The minimum atomic E-state index is -1.61. The van der Waals surface area contributed by atoms with Gasteiger partial charge in [-0.25, -0.2) is 0 Å². The van der Waals surface area contributed by atoms with Crippen LogP contribution in [0, 0.1) is 0 Å². The molecule has 8 atom stereocenters. The van der Waals surface area contributed by atoms with E-state index in [1.807, 2.05) is 6.08 Å². The summed E-state index contributed by atoms with van der Waals surface area (Å²) in [4.78, 5) is 26.6. The molecule has 1 aliphatic rings. The summed E-state index contributed by atoms with van der Waals surface area (Å²) in [7, 11) is 0. The van der Waals surface area contributed by atoms with Crippen molar-refractivity contribution in [2.24, 2.45) is 0 Å². The van der Waals surface area contributed by atoms with Crippen molar-refractivity contribution in [2.45, 2.75) is 359 Å². The van der Waals surface area contributed by atoms with Gasteiger partial charge >= 0.3 is 5.97 Å². The van der Waals surface area contributed by atoms with Crippen LogP contribution in [0.15, 0.2) is 48.6 Å². The second-order valence-corrected chi connectivity index (χ2v) is 23.2. The Labute approximate surface area is 485 Å². The quantitative estimate of drug-likeness (QED) is 0.0149. The van der Waals surface area contributed by atoms with Crippen LogP contribution in [0.25, 0.3) is 0 Å². The van der Waals surface area contributed by atoms with Gasteiger partial charge in [0.15, 0.2) is 12.4 Å². The lowest BCUT2D eigenvalue weighted by molar-refractivity contribution is -0.305. The largest absolute Gasteiger partial charge is 0.454 e. The molecule has 1 rings (SSSR count). The summed E-state index contributed by atoms with van der Waals surface area (Å²) in [5.41, 5.74) is 0. The second-order valence-electron chi connectivity index (χ2n) is 23.2. The number of ether oxygens (including phenoxy) is 3. The Morgan fingerprint density at radius 2 is 0.873 bits per heavy atom. The second kappa shape index (κ2) is 56.1. The van der Waals surface area contributed by atoms with E-state index in [-0.39, 0.29) is 19.4 Å². The summed E-state index contributed by atoms with van der Waals surface area (Å²) in [6.07, 6.45) is 58.6. The van der Waals surface area contributed by atoms with Crippen LogP contribution in [0.4, 0.5) is 0 Å². The van der Waals surface area contributed by atoms with Crippen LogP contribution in [0.3, 0.4) is 0 Å². The van der Waals surface area contributed by atoms with Gasteiger partial charge in [-0.05, 0) is 77.0 Å². The van der Waals surface area contributed by atoms with Gasteiger partial charge in [-0.2, -0.15) is 0 Å². The highest BCUT2D eigenvalue weighted by molar-refractivity contribution is 5.80. The molecular weight excluding hydrogens is 991 g/mol. The maximum atomic E-state index is 13.4. The first-order valence-electron chi connectivity index (χ1n) is 33.4. The van der Waals surface area contributed by atoms with E-state index in [0.29, 0.717) is 12.8 Å². The monoisotopic (exact) mass is 1120 g/mol. The lowest BCUT2D eigenvalue weighted by atomic mass is 9.99. The molecule has 0 spiro atoms. The average Bonchev–Trinajstić information content (AvgIpc) is 3.49. The standard InChI is InChI=1S/C68H125NO10/c1-4-7-10-13-16-19-22-25-27-28-29-30-31-32-33-34-35-38-41-44-47-50-53-56-63(73)79-66-65(75)64(74)62(57-70)78-68(66)77-58-59(60(71)54-51-48-45-42-39-36-24-21-18-15-12-9-6-3)69-67(76)61(72)55-52-49-46-43-40-37-26-23-20-17-14-11-8-5-2/h17,20,23,25-27,51,54,59-62,64-66,68,70-72,74-75H,4-16,18-19,21-22,24,28-50,52-53,55-58H2,1-3H3,(H,69,76)/b20-17+,26-23+,27-25+,54-51+. The fraction of sp³-hybridized carbons (Fsp3) is 0.853. The third-order valence-corrected chi connectivity index (χ3v) is 15.7. The molecule has 0 saturated carbocycles. The number of aliphatic hydroxyl groups excluding tert-OH is 5. The zero-order valence-electron chi connectivity index (χ0n) is 51.2. The Balaban J connectivity index is 2.61. The zero-order valence-corrected chi connectivity index (χ0v) is 51.2. The van der Waals surface area contributed by atoms with Gasteiger partial charge in [0.05, 0.1) is 25.4 Å². The summed E-state index contributed by atoms with van der Waals surface area (Å²) in [6, 6.07) is -1.03. The third kappa shape index (κ3) is 43.9. The average molecular weight is 1120 g/mol. The number of nitrogens with one attached hydrogen (secondary N) is 1. The molecule has 1 amide bonds. The molecule has 1 aliphatic heterocycles. The molecule has 11 nitrogen and oxygen atoms in total. The van der Waals surface area contributed by atoms with Crippen LogP contribution in [-0.2, 0) is 23.8 Å². The van der Waals surface area contributed by atoms with Gasteiger partial charge in [0.1, 0.15) is 24.4 Å². The summed E-state index contributed by atoms with van der Waals surface area (Å²) in [6.45, 7) is 5.78. The summed E-state index contributed by atoms with van der Waals surface area (Å²) >= 11 is 0. The number of carbonyl (C=O) groups excluding carboxylic acids is 2. The van der Waals surface area contributed by atoms with Crippen molar-refractivity contribution in [1.82, 2.24) is 5.32 Å². The molecule has 6 N–H and O–H groups in total. The SMILES string of the molecule is CCCCC/C=C/C=C/CCCCCCCC(O)C(=O)NC(COC1OC(CO)C(O)C(O)C1OC(=O)CCCCCCCCCCCCCCC/C=C/CCCCCCCC)C(O)/C=C/CCCCCCCCCCCCC. The Kier molecular flexibility index (Phi) is 53.0. The number of amides is 1. The molecule has 0 bridgehead atoms. The lowest BCUT2D eigenvalue weighted by Gasteiger charge is -2.41. The van der Waals surface area contributed by atoms with Gasteiger partial charge in [0, 0.05) is 6.42 Å². The Morgan fingerprint density at radius 3 is 1.33 bits per heavy atom. The fourth-order valence-electron chi connectivity index (χ4n) is 10.4. The van der Waals surface area contributed by atoms with Gasteiger partial charge in [-0.1, -0.05) is 275 Å². The maximum absolute atomic E-state index is 13.4. The minimum absolute atomic E-state index is 0.124. The molecule has 1 saturated heterocycles. The first-order chi connectivity index (χ1) is 38.7. The number of esters is 1. The molecule has 0 aromatic heterocycles. The van der Waals surface area contributed by atoms with Gasteiger partial charge in [0.2, 0.25) is 5.91 Å². The Bertz CT molecular complexity index is 1470. The predicted molar refractivity (Wildman–Crippen MR) is 329 cm³/mol. The molecule has 0 aliphatic carbocycles. The van der Waals surface area contributed by atoms with Crippen molar-refractivity contribution in [2.75, 3.05) is 13.2 Å². The van der Waals surface area contributed by atoms with E-state index in [9.17, 15) is 35.1 Å². The van der Waals surface area contributed by atoms with Gasteiger partial charge in [-0.3, -0.25) is 9.59 Å². The highest BCUT2D eigenvalue weighted by atomic mass is 16.7. The highest BCUT2D eigenvalue weighted by Crippen LogP contribution is 2.26. The van der Waals surface area contributed by atoms with Crippen molar-refractivity contribution in [3.05, 3.63) is 48.6 Å². The Hall–Kier alpha value is -2.38. The van der Waals surface area contributed by atoms with Gasteiger partial charge < -0.3 is 45.1 Å². The lowest BCUT2D eigenvalue weighted by Crippen LogP contribution is -2.61. The number of unbranched alkanes of at least 4 members (excludes halogenated alkanes) is 38.